The van der Waals surface area contributed by atoms with E-state index in [0.29, 0.717) is 0 Å². The maximum atomic E-state index is 3.56. The van der Waals surface area contributed by atoms with Crippen molar-refractivity contribution in [2.75, 3.05) is 32.7 Å². The summed E-state index contributed by atoms with van der Waals surface area (Å²) >= 11 is 0. The van der Waals surface area contributed by atoms with E-state index >= 15 is 0 Å². The summed E-state index contributed by atoms with van der Waals surface area (Å²) in [4.78, 5) is 2.67. The fourth-order valence-corrected chi connectivity index (χ4v) is 3.41. The Morgan fingerprint density at radius 3 is 2.70 bits per heavy atom. The Hall–Kier alpha value is -0.860. The summed E-state index contributed by atoms with van der Waals surface area (Å²) in [5.74, 6) is 0.850. The van der Waals surface area contributed by atoms with Gasteiger partial charge < -0.3 is 10.2 Å². The number of nitrogens with one attached hydrogen (secondary N) is 1. The Morgan fingerprint density at radius 1 is 1.30 bits per heavy atom. The first-order chi connectivity index (χ1) is 9.64. The average Bonchev–Trinajstić information content (AvgIpc) is 2.46. The van der Waals surface area contributed by atoms with Crippen molar-refractivity contribution in [2.45, 2.75) is 39.0 Å². The first-order valence-electron chi connectivity index (χ1n) is 8.12. The van der Waals surface area contributed by atoms with Gasteiger partial charge in [0, 0.05) is 25.0 Å². The first kappa shape index (κ1) is 15.5. The topological polar surface area (TPSA) is 15.3 Å². The van der Waals surface area contributed by atoms with Gasteiger partial charge in [-0.25, -0.2) is 0 Å². The number of hydrogen-bond donors (Lipinski definition) is 1. The highest BCUT2D eigenvalue weighted by atomic mass is 15.1. The van der Waals surface area contributed by atoms with Crippen LogP contribution in [-0.4, -0.2) is 37.6 Å². The number of rotatable bonds is 6. The van der Waals surface area contributed by atoms with Crippen LogP contribution in [0.5, 0.6) is 0 Å². The molecule has 2 rings (SSSR count). The van der Waals surface area contributed by atoms with Crippen LogP contribution in [0.3, 0.4) is 0 Å². The minimum atomic E-state index is 0.203. The van der Waals surface area contributed by atoms with E-state index in [9.17, 15) is 0 Å². The van der Waals surface area contributed by atoms with Crippen LogP contribution in [0.25, 0.3) is 0 Å². The summed E-state index contributed by atoms with van der Waals surface area (Å²) in [5, 5.41) is 3.56. The van der Waals surface area contributed by atoms with E-state index in [1.807, 2.05) is 0 Å². The van der Waals surface area contributed by atoms with Crippen LogP contribution in [0.4, 0.5) is 0 Å². The number of likely N-dealkylation sites (tertiary alicyclic amines) is 1. The molecule has 1 aromatic carbocycles. The van der Waals surface area contributed by atoms with Crippen molar-refractivity contribution < 1.29 is 0 Å². The summed E-state index contributed by atoms with van der Waals surface area (Å²) < 4.78 is 0. The molecule has 2 heteroatoms. The van der Waals surface area contributed by atoms with Crippen molar-refractivity contribution in [1.29, 1.82) is 0 Å². The molecule has 1 N–H and O–H groups in total. The van der Waals surface area contributed by atoms with Crippen LogP contribution in [0, 0.1) is 5.92 Å². The van der Waals surface area contributed by atoms with Crippen LogP contribution in [0.1, 0.15) is 39.2 Å². The third-order valence-corrected chi connectivity index (χ3v) is 4.55. The van der Waals surface area contributed by atoms with Crippen molar-refractivity contribution in [3.05, 3.63) is 35.9 Å². The molecule has 0 saturated carbocycles. The van der Waals surface area contributed by atoms with Gasteiger partial charge in [0.1, 0.15) is 0 Å². The predicted molar refractivity (Wildman–Crippen MR) is 87.2 cm³/mol. The number of piperidine rings is 1. The standard InChI is InChI=1S/C18H30N2/c1-4-19-14-18(3,17-10-6-5-7-11-17)15-20-12-8-9-16(2)13-20/h5-7,10-11,16,19H,4,8-9,12-15H2,1-3H3. The summed E-state index contributed by atoms with van der Waals surface area (Å²) in [7, 11) is 0. The van der Waals surface area contributed by atoms with Gasteiger partial charge in [0.2, 0.25) is 0 Å². The summed E-state index contributed by atoms with van der Waals surface area (Å²) in [6, 6.07) is 11.0. The fraction of sp³-hybridized carbons (Fsp3) is 0.667. The molecule has 0 amide bonds. The lowest BCUT2D eigenvalue weighted by Gasteiger charge is -2.39. The van der Waals surface area contributed by atoms with Crippen LogP contribution < -0.4 is 5.32 Å². The van der Waals surface area contributed by atoms with Crippen molar-refractivity contribution in [3.63, 3.8) is 0 Å². The van der Waals surface area contributed by atoms with Crippen LogP contribution in [0.2, 0.25) is 0 Å². The molecule has 2 atom stereocenters. The van der Waals surface area contributed by atoms with E-state index in [1.165, 1.54) is 31.5 Å². The summed E-state index contributed by atoms with van der Waals surface area (Å²) in [6.07, 6.45) is 2.75. The molecule has 0 aliphatic carbocycles. The Morgan fingerprint density at radius 2 is 2.05 bits per heavy atom. The minimum Gasteiger partial charge on any atom is -0.316 e. The highest BCUT2D eigenvalue weighted by molar-refractivity contribution is 5.25. The van der Waals surface area contributed by atoms with Crippen LogP contribution >= 0.6 is 0 Å². The minimum absolute atomic E-state index is 0.203. The lowest BCUT2D eigenvalue weighted by atomic mass is 9.81. The van der Waals surface area contributed by atoms with Crippen molar-refractivity contribution in [1.82, 2.24) is 10.2 Å². The van der Waals surface area contributed by atoms with Gasteiger partial charge in [0.05, 0.1) is 0 Å². The largest absolute Gasteiger partial charge is 0.316 e. The van der Waals surface area contributed by atoms with Gasteiger partial charge >= 0.3 is 0 Å². The average molecular weight is 274 g/mol. The van der Waals surface area contributed by atoms with Crippen LogP contribution in [0.15, 0.2) is 30.3 Å². The zero-order chi connectivity index (χ0) is 14.4. The molecule has 1 heterocycles. The fourth-order valence-electron chi connectivity index (χ4n) is 3.41. The van der Waals surface area contributed by atoms with Crippen LogP contribution in [-0.2, 0) is 5.41 Å². The molecule has 0 radical (unpaired) electrons. The maximum absolute atomic E-state index is 3.56. The zero-order valence-electron chi connectivity index (χ0n) is 13.4. The molecule has 2 unspecified atom stereocenters. The van der Waals surface area contributed by atoms with Crippen molar-refractivity contribution >= 4 is 0 Å². The quantitative estimate of drug-likeness (QED) is 0.856. The van der Waals surface area contributed by atoms with E-state index in [-0.39, 0.29) is 5.41 Å². The Bertz CT molecular complexity index is 390. The van der Waals surface area contributed by atoms with E-state index in [2.05, 4.69) is 61.3 Å². The van der Waals surface area contributed by atoms with Crippen molar-refractivity contribution in [3.8, 4) is 0 Å². The molecule has 1 fully saturated rings. The highest BCUT2D eigenvalue weighted by Gasteiger charge is 2.30. The third-order valence-electron chi connectivity index (χ3n) is 4.55. The summed E-state index contributed by atoms with van der Waals surface area (Å²) in [5.41, 5.74) is 1.66. The SMILES string of the molecule is CCNCC(C)(CN1CCCC(C)C1)c1ccccc1. The number of hydrogen-bond acceptors (Lipinski definition) is 2. The molecule has 1 saturated heterocycles. The molecule has 1 aromatic rings. The molecule has 2 nitrogen and oxygen atoms in total. The molecule has 0 aromatic heterocycles. The molecule has 1 aliphatic heterocycles. The Labute approximate surface area is 124 Å². The molecule has 112 valence electrons. The second-order valence-electron chi connectivity index (χ2n) is 6.69. The molecular weight excluding hydrogens is 244 g/mol. The second kappa shape index (κ2) is 7.24. The first-order valence-corrected chi connectivity index (χ1v) is 8.12. The molecule has 20 heavy (non-hydrogen) atoms. The highest BCUT2D eigenvalue weighted by Crippen LogP contribution is 2.27. The molecule has 1 aliphatic rings. The summed E-state index contributed by atoms with van der Waals surface area (Å²) in [6.45, 7) is 12.8. The Balaban J connectivity index is 2.10. The predicted octanol–water partition coefficient (Wildman–Crippen LogP) is 3.29. The lowest BCUT2D eigenvalue weighted by Crippen LogP contribution is -2.48. The second-order valence-corrected chi connectivity index (χ2v) is 6.69. The van der Waals surface area contributed by atoms with Gasteiger partial charge in [0.25, 0.3) is 0 Å². The number of nitrogens with zero attached hydrogens (tertiary/aromatic N) is 1. The maximum Gasteiger partial charge on any atom is 0.0177 e. The number of likely N-dealkylation sites (N-methyl/N-ethyl adjacent to an activating group) is 1. The zero-order valence-corrected chi connectivity index (χ0v) is 13.4. The Kier molecular flexibility index (Phi) is 5.62. The molecular formula is C18H30N2. The normalized spacial score (nSPS) is 23.4. The third kappa shape index (κ3) is 4.07. The van der Waals surface area contributed by atoms with E-state index in [0.717, 1.165) is 25.6 Å². The lowest BCUT2D eigenvalue weighted by molar-refractivity contribution is 0.148. The van der Waals surface area contributed by atoms with E-state index in [4.69, 9.17) is 0 Å². The van der Waals surface area contributed by atoms with Gasteiger partial charge in [-0.15, -0.1) is 0 Å². The number of benzene rings is 1. The van der Waals surface area contributed by atoms with Gasteiger partial charge in [-0.3, -0.25) is 0 Å². The molecule has 0 spiro atoms. The van der Waals surface area contributed by atoms with E-state index in [1.54, 1.807) is 0 Å². The van der Waals surface area contributed by atoms with Gasteiger partial charge in [-0.2, -0.15) is 0 Å². The van der Waals surface area contributed by atoms with Gasteiger partial charge in [-0.05, 0) is 37.4 Å². The van der Waals surface area contributed by atoms with Gasteiger partial charge in [0.15, 0.2) is 0 Å². The van der Waals surface area contributed by atoms with E-state index < -0.39 is 0 Å². The monoisotopic (exact) mass is 274 g/mol. The van der Waals surface area contributed by atoms with Gasteiger partial charge in [-0.1, -0.05) is 51.1 Å². The molecule has 0 bridgehead atoms. The van der Waals surface area contributed by atoms with Crippen molar-refractivity contribution in [2.24, 2.45) is 5.92 Å². The smallest absolute Gasteiger partial charge is 0.0177 e.